The molecule has 1 fully saturated rings. The number of halogens is 1. The molecule has 1 aliphatic heterocycles. The third-order valence-corrected chi connectivity index (χ3v) is 5.78. The van der Waals surface area contributed by atoms with E-state index in [0.29, 0.717) is 17.4 Å². The van der Waals surface area contributed by atoms with Crippen molar-refractivity contribution >= 4 is 20.8 Å². The SMILES string of the molecule is COCC1CN(S(=O)(=O)c2ccc3ccccc3c2F)CCO1. The average Bonchev–Trinajstić information content (AvgIpc) is 2.56. The van der Waals surface area contributed by atoms with Crippen LogP contribution in [0.2, 0.25) is 0 Å². The van der Waals surface area contributed by atoms with Gasteiger partial charge >= 0.3 is 0 Å². The van der Waals surface area contributed by atoms with Crippen molar-refractivity contribution < 1.29 is 22.3 Å². The lowest BCUT2D eigenvalue weighted by Gasteiger charge is -2.31. The van der Waals surface area contributed by atoms with Crippen molar-refractivity contribution in [3.63, 3.8) is 0 Å². The quantitative estimate of drug-likeness (QED) is 0.855. The Kier molecular flexibility index (Phi) is 4.63. The van der Waals surface area contributed by atoms with Crippen LogP contribution in [0.5, 0.6) is 0 Å². The largest absolute Gasteiger partial charge is 0.382 e. The topological polar surface area (TPSA) is 55.8 Å². The van der Waals surface area contributed by atoms with Gasteiger partial charge in [0, 0.05) is 25.6 Å². The van der Waals surface area contributed by atoms with E-state index in [1.165, 1.54) is 17.5 Å². The van der Waals surface area contributed by atoms with E-state index in [-0.39, 0.29) is 30.7 Å². The minimum atomic E-state index is -3.91. The number of benzene rings is 2. The first kappa shape index (κ1) is 16.3. The van der Waals surface area contributed by atoms with E-state index >= 15 is 0 Å². The first-order valence-corrected chi connectivity index (χ1v) is 8.76. The Bertz CT molecular complexity index is 807. The molecule has 5 nitrogen and oxygen atoms in total. The highest BCUT2D eigenvalue weighted by molar-refractivity contribution is 7.89. The molecule has 1 unspecified atom stereocenters. The molecule has 1 saturated heterocycles. The Morgan fingerprint density at radius 3 is 2.87 bits per heavy atom. The molecular weight excluding hydrogens is 321 g/mol. The first-order chi connectivity index (χ1) is 11.0. The predicted molar refractivity (Wildman–Crippen MR) is 84.3 cm³/mol. The maximum absolute atomic E-state index is 14.7. The molecular formula is C16H18FNO4S. The van der Waals surface area contributed by atoms with Gasteiger partial charge < -0.3 is 9.47 Å². The number of hydrogen-bond donors (Lipinski definition) is 0. The molecule has 1 atom stereocenters. The number of nitrogens with zero attached hydrogens (tertiary/aromatic N) is 1. The normalized spacial score (nSPS) is 20.0. The van der Waals surface area contributed by atoms with Crippen molar-refractivity contribution in [2.24, 2.45) is 0 Å². The monoisotopic (exact) mass is 339 g/mol. The van der Waals surface area contributed by atoms with E-state index in [1.54, 1.807) is 30.3 Å². The van der Waals surface area contributed by atoms with Crippen LogP contribution in [-0.2, 0) is 19.5 Å². The summed E-state index contributed by atoms with van der Waals surface area (Å²) in [6, 6.07) is 9.75. The molecule has 1 aliphatic rings. The van der Waals surface area contributed by atoms with E-state index in [0.717, 1.165) is 0 Å². The zero-order chi connectivity index (χ0) is 16.4. The van der Waals surface area contributed by atoms with Gasteiger partial charge in [-0.3, -0.25) is 0 Å². The highest BCUT2D eigenvalue weighted by atomic mass is 32.2. The van der Waals surface area contributed by atoms with E-state index in [1.807, 2.05) is 0 Å². The summed E-state index contributed by atoms with van der Waals surface area (Å²) >= 11 is 0. The Morgan fingerprint density at radius 2 is 2.09 bits per heavy atom. The minimum absolute atomic E-state index is 0.155. The second-order valence-electron chi connectivity index (χ2n) is 5.41. The number of hydrogen-bond acceptors (Lipinski definition) is 4. The number of sulfonamides is 1. The van der Waals surface area contributed by atoms with E-state index in [2.05, 4.69) is 0 Å². The van der Waals surface area contributed by atoms with Crippen LogP contribution in [0.3, 0.4) is 0 Å². The van der Waals surface area contributed by atoms with Gasteiger partial charge in [0.1, 0.15) is 4.90 Å². The van der Waals surface area contributed by atoms with Crippen molar-refractivity contribution in [1.29, 1.82) is 0 Å². The first-order valence-electron chi connectivity index (χ1n) is 7.32. The highest BCUT2D eigenvalue weighted by Gasteiger charge is 2.33. The molecule has 0 spiro atoms. The van der Waals surface area contributed by atoms with Gasteiger partial charge in [0.15, 0.2) is 5.82 Å². The summed E-state index contributed by atoms with van der Waals surface area (Å²) in [5.74, 6) is -0.710. The number of morpholine rings is 1. The summed E-state index contributed by atoms with van der Waals surface area (Å²) in [6.07, 6.45) is -0.341. The van der Waals surface area contributed by atoms with Crippen molar-refractivity contribution in [1.82, 2.24) is 4.31 Å². The maximum Gasteiger partial charge on any atom is 0.246 e. The third kappa shape index (κ3) is 3.10. The van der Waals surface area contributed by atoms with Crippen LogP contribution in [0, 0.1) is 5.82 Å². The Labute approximate surface area is 134 Å². The van der Waals surface area contributed by atoms with Crippen LogP contribution in [-0.4, -0.2) is 52.2 Å². The summed E-state index contributed by atoms with van der Waals surface area (Å²) < 4.78 is 52.0. The molecule has 0 saturated carbocycles. The number of ether oxygens (including phenoxy) is 2. The number of methoxy groups -OCH3 is 1. The van der Waals surface area contributed by atoms with Gasteiger partial charge in [-0.25, -0.2) is 12.8 Å². The highest BCUT2D eigenvalue weighted by Crippen LogP contribution is 2.27. The van der Waals surface area contributed by atoms with Crippen molar-refractivity contribution in [2.45, 2.75) is 11.0 Å². The fourth-order valence-electron chi connectivity index (χ4n) is 2.75. The van der Waals surface area contributed by atoms with E-state index in [4.69, 9.17) is 9.47 Å². The summed E-state index contributed by atoms with van der Waals surface area (Å²) in [4.78, 5) is -0.297. The van der Waals surface area contributed by atoms with Crippen LogP contribution in [0.15, 0.2) is 41.3 Å². The lowest BCUT2D eigenvalue weighted by molar-refractivity contribution is -0.0407. The molecule has 2 aromatic rings. The molecule has 124 valence electrons. The molecule has 0 radical (unpaired) electrons. The van der Waals surface area contributed by atoms with Crippen LogP contribution in [0.25, 0.3) is 10.8 Å². The molecule has 7 heteroatoms. The zero-order valence-electron chi connectivity index (χ0n) is 12.7. The van der Waals surface area contributed by atoms with Crippen LogP contribution >= 0.6 is 0 Å². The minimum Gasteiger partial charge on any atom is -0.382 e. The molecule has 23 heavy (non-hydrogen) atoms. The van der Waals surface area contributed by atoms with E-state index < -0.39 is 15.8 Å². The molecule has 2 aromatic carbocycles. The molecule has 0 N–H and O–H groups in total. The van der Waals surface area contributed by atoms with Gasteiger partial charge in [0.05, 0.1) is 19.3 Å². The number of fused-ring (bicyclic) bond motifs is 1. The lowest BCUT2D eigenvalue weighted by Crippen LogP contribution is -2.47. The van der Waals surface area contributed by atoms with Crippen LogP contribution < -0.4 is 0 Å². The molecule has 0 bridgehead atoms. The second-order valence-corrected chi connectivity index (χ2v) is 7.32. The standard InChI is InChI=1S/C16H18FNO4S/c1-21-11-13-10-18(8-9-22-13)23(19,20)15-7-6-12-4-2-3-5-14(12)16(15)17/h2-7,13H,8-11H2,1H3. The summed E-state index contributed by atoms with van der Waals surface area (Å²) in [5, 5.41) is 0.971. The fraction of sp³-hybridized carbons (Fsp3) is 0.375. The van der Waals surface area contributed by atoms with Gasteiger partial charge in [-0.2, -0.15) is 4.31 Å². The van der Waals surface area contributed by atoms with Gasteiger partial charge in [-0.15, -0.1) is 0 Å². The summed E-state index contributed by atoms with van der Waals surface area (Å²) in [6.45, 7) is 0.923. The molecule has 0 aromatic heterocycles. The van der Waals surface area contributed by atoms with Crippen molar-refractivity contribution in [3.05, 3.63) is 42.2 Å². The molecule has 0 amide bonds. The van der Waals surface area contributed by atoms with Gasteiger partial charge in [-0.05, 0) is 11.5 Å². The second kappa shape index (κ2) is 6.52. The van der Waals surface area contributed by atoms with Crippen LogP contribution in [0.1, 0.15) is 0 Å². The molecule has 1 heterocycles. The van der Waals surface area contributed by atoms with Gasteiger partial charge in [0.2, 0.25) is 10.0 Å². The molecule has 0 aliphatic carbocycles. The molecule has 3 rings (SSSR count). The van der Waals surface area contributed by atoms with Crippen molar-refractivity contribution in [2.75, 3.05) is 33.4 Å². The predicted octanol–water partition coefficient (Wildman–Crippen LogP) is 2.01. The third-order valence-electron chi connectivity index (χ3n) is 3.90. The zero-order valence-corrected chi connectivity index (χ0v) is 13.6. The Morgan fingerprint density at radius 1 is 1.30 bits per heavy atom. The smallest absolute Gasteiger partial charge is 0.246 e. The van der Waals surface area contributed by atoms with Gasteiger partial charge in [0.25, 0.3) is 0 Å². The maximum atomic E-state index is 14.7. The van der Waals surface area contributed by atoms with Crippen molar-refractivity contribution in [3.8, 4) is 0 Å². The lowest BCUT2D eigenvalue weighted by atomic mass is 10.1. The average molecular weight is 339 g/mol. The summed E-state index contributed by atoms with van der Waals surface area (Å²) in [5.41, 5.74) is 0. The number of rotatable bonds is 4. The Balaban J connectivity index is 1.98. The summed E-state index contributed by atoms with van der Waals surface area (Å²) in [7, 11) is -2.39. The Hall–Kier alpha value is -1.54. The van der Waals surface area contributed by atoms with Crippen LogP contribution in [0.4, 0.5) is 4.39 Å². The van der Waals surface area contributed by atoms with Gasteiger partial charge in [-0.1, -0.05) is 30.3 Å². The fourth-order valence-corrected chi connectivity index (χ4v) is 4.28. The van der Waals surface area contributed by atoms with E-state index in [9.17, 15) is 12.8 Å².